The van der Waals surface area contributed by atoms with E-state index in [1.54, 1.807) is 6.92 Å². The van der Waals surface area contributed by atoms with Gasteiger partial charge in [-0.1, -0.05) is 68.8 Å². The molecule has 0 radical (unpaired) electrons. The van der Waals surface area contributed by atoms with Gasteiger partial charge in [0.15, 0.2) is 0 Å². The SMILES string of the molecule is CCC(C)[C@H](NC(=O)C(NC(=O)OCC1c2ccccc2-c2ccccc21)C(F)(F)F)C(=O)O. The number of nitrogens with one attached hydrogen (secondary N) is 2. The van der Waals surface area contributed by atoms with Crippen LogP contribution in [0.3, 0.4) is 0 Å². The molecule has 2 unspecified atom stereocenters. The maximum Gasteiger partial charge on any atom is 0.417 e. The lowest BCUT2D eigenvalue weighted by molar-refractivity contribution is -0.169. The fourth-order valence-electron chi connectivity index (χ4n) is 3.97. The van der Waals surface area contributed by atoms with Gasteiger partial charge in [0.05, 0.1) is 0 Å². The summed E-state index contributed by atoms with van der Waals surface area (Å²) in [6, 6.07) is 10.4. The maximum atomic E-state index is 13.5. The molecule has 0 saturated carbocycles. The van der Waals surface area contributed by atoms with Crippen molar-refractivity contribution in [3.8, 4) is 11.1 Å². The Labute approximate surface area is 194 Å². The minimum absolute atomic E-state index is 0.239. The van der Waals surface area contributed by atoms with Crippen molar-refractivity contribution in [1.29, 1.82) is 0 Å². The van der Waals surface area contributed by atoms with Gasteiger partial charge >= 0.3 is 18.2 Å². The molecule has 1 aliphatic carbocycles. The number of amides is 2. The highest BCUT2D eigenvalue weighted by molar-refractivity contribution is 5.90. The molecule has 182 valence electrons. The van der Waals surface area contributed by atoms with E-state index >= 15 is 0 Å². The predicted molar refractivity (Wildman–Crippen MR) is 117 cm³/mol. The number of benzene rings is 2. The van der Waals surface area contributed by atoms with Crippen LogP contribution in [-0.2, 0) is 14.3 Å². The number of rotatable bonds is 8. The highest BCUT2D eigenvalue weighted by Crippen LogP contribution is 2.44. The van der Waals surface area contributed by atoms with E-state index in [-0.39, 0.29) is 12.5 Å². The molecule has 0 aliphatic heterocycles. The van der Waals surface area contributed by atoms with Gasteiger partial charge in [-0.2, -0.15) is 13.2 Å². The predicted octanol–water partition coefficient (Wildman–Crippen LogP) is 4.07. The van der Waals surface area contributed by atoms with Crippen LogP contribution in [-0.4, -0.2) is 47.9 Å². The van der Waals surface area contributed by atoms with Crippen molar-refractivity contribution in [2.75, 3.05) is 6.61 Å². The van der Waals surface area contributed by atoms with Gasteiger partial charge in [-0.3, -0.25) is 4.79 Å². The van der Waals surface area contributed by atoms with Crippen molar-refractivity contribution < 1.29 is 37.4 Å². The van der Waals surface area contributed by atoms with E-state index in [0.717, 1.165) is 22.3 Å². The highest BCUT2D eigenvalue weighted by atomic mass is 19.4. The largest absolute Gasteiger partial charge is 0.480 e. The van der Waals surface area contributed by atoms with Crippen LogP contribution in [0.2, 0.25) is 0 Å². The smallest absolute Gasteiger partial charge is 0.417 e. The molecule has 2 aromatic rings. The molecule has 0 spiro atoms. The summed E-state index contributed by atoms with van der Waals surface area (Å²) in [6.45, 7) is 2.89. The number of ether oxygens (including phenoxy) is 1. The first kappa shape index (κ1) is 25.1. The number of alkyl halides is 3. The Morgan fingerprint density at radius 2 is 1.53 bits per heavy atom. The van der Waals surface area contributed by atoms with Crippen molar-refractivity contribution in [2.45, 2.75) is 44.4 Å². The normalized spacial score (nSPS) is 15.4. The Morgan fingerprint density at radius 1 is 1.00 bits per heavy atom. The summed E-state index contributed by atoms with van der Waals surface area (Å²) in [4.78, 5) is 35.9. The first-order chi connectivity index (χ1) is 16.0. The van der Waals surface area contributed by atoms with Crippen molar-refractivity contribution in [2.24, 2.45) is 5.92 Å². The molecule has 2 aromatic carbocycles. The zero-order valence-electron chi connectivity index (χ0n) is 18.6. The molecule has 0 fully saturated rings. The average molecular weight is 478 g/mol. The molecule has 0 aromatic heterocycles. The number of carbonyl (C=O) groups is 3. The number of carboxylic acids is 1. The van der Waals surface area contributed by atoms with Crippen LogP contribution < -0.4 is 10.6 Å². The lowest BCUT2D eigenvalue weighted by Crippen LogP contribution is -2.58. The quantitative estimate of drug-likeness (QED) is 0.531. The fourth-order valence-corrected chi connectivity index (χ4v) is 3.97. The molecule has 0 bridgehead atoms. The van der Waals surface area contributed by atoms with E-state index in [9.17, 15) is 32.7 Å². The highest BCUT2D eigenvalue weighted by Gasteiger charge is 2.47. The van der Waals surface area contributed by atoms with Gasteiger partial charge in [0.2, 0.25) is 6.04 Å². The number of fused-ring (bicyclic) bond motifs is 3. The number of alkyl carbamates (subject to hydrolysis) is 1. The van der Waals surface area contributed by atoms with Gasteiger partial charge in [0.25, 0.3) is 5.91 Å². The van der Waals surface area contributed by atoms with E-state index in [0.29, 0.717) is 6.42 Å². The number of halogens is 3. The van der Waals surface area contributed by atoms with Crippen LogP contribution in [0.1, 0.15) is 37.3 Å². The van der Waals surface area contributed by atoms with Crippen molar-refractivity contribution in [3.63, 3.8) is 0 Å². The summed E-state index contributed by atoms with van der Waals surface area (Å²) in [5.41, 5.74) is 3.65. The van der Waals surface area contributed by atoms with E-state index < -0.39 is 42.1 Å². The lowest BCUT2D eigenvalue weighted by atomic mass is 9.98. The molecule has 3 N–H and O–H groups in total. The monoisotopic (exact) mass is 478 g/mol. The summed E-state index contributed by atoms with van der Waals surface area (Å²) >= 11 is 0. The standard InChI is InChI=1S/C24H25F3N2O5/c1-3-13(2)19(22(31)32)28-21(30)20(24(25,26)27)29-23(33)34-12-18-16-10-6-4-8-14(16)15-9-5-7-11-17(15)18/h4-11,13,18-20H,3,12H2,1-2H3,(H,28,30)(H,29,33)(H,31,32)/t13?,19-,20?/m0/s1. The Balaban J connectivity index is 1.70. The Kier molecular flexibility index (Phi) is 7.48. The molecule has 10 heteroatoms. The van der Waals surface area contributed by atoms with Gasteiger partial charge in [0.1, 0.15) is 12.6 Å². The first-order valence-corrected chi connectivity index (χ1v) is 10.8. The van der Waals surface area contributed by atoms with Gasteiger partial charge in [-0.25, -0.2) is 9.59 Å². The third kappa shape index (κ3) is 5.32. The van der Waals surface area contributed by atoms with Crippen LogP contribution in [0.4, 0.5) is 18.0 Å². The second-order valence-electron chi connectivity index (χ2n) is 8.15. The minimum atomic E-state index is -5.16. The van der Waals surface area contributed by atoms with Crippen molar-refractivity contribution in [3.05, 3.63) is 59.7 Å². The van der Waals surface area contributed by atoms with Crippen LogP contribution >= 0.6 is 0 Å². The van der Waals surface area contributed by atoms with Gasteiger partial charge < -0.3 is 20.5 Å². The molecule has 3 rings (SSSR count). The summed E-state index contributed by atoms with van der Waals surface area (Å²) in [6.07, 6.45) is -6.28. The van der Waals surface area contributed by atoms with Gasteiger partial charge in [-0.15, -0.1) is 0 Å². The average Bonchev–Trinajstić information content (AvgIpc) is 3.11. The minimum Gasteiger partial charge on any atom is -0.480 e. The Bertz CT molecular complexity index is 1030. The van der Waals surface area contributed by atoms with Gasteiger partial charge in [0, 0.05) is 5.92 Å². The molecular weight excluding hydrogens is 453 g/mol. The summed E-state index contributed by atoms with van der Waals surface area (Å²) < 4.78 is 45.7. The molecule has 34 heavy (non-hydrogen) atoms. The number of aliphatic carboxylic acids is 1. The van der Waals surface area contributed by atoms with Gasteiger partial charge in [-0.05, 0) is 28.2 Å². The lowest BCUT2D eigenvalue weighted by Gasteiger charge is -2.25. The zero-order valence-corrected chi connectivity index (χ0v) is 18.6. The molecule has 1 aliphatic rings. The van der Waals surface area contributed by atoms with Crippen molar-refractivity contribution >= 4 is 18.0 Å². The molecular formula is C24H25F3N2O5. The van der Waals surface area contributed by atoms with E-state index in [4.69, 9.17) is 4.74 Å². The second kappa shape index (κ2) is 10.1. The maximum absolute atomic E-state index is 13.5. The summed E-state index contributed by atoms with van der Waals surface area (Å²) in [5, 5.41) is 12.7. The Morgan fingerprint density at radius 3 is 2.00 bits per heavy atom. The zero-order chi connectivity index (χ0) is 25.0. The summed E-state index contributed by atoms with van der Waals surface area (Å²) in [7, 11) is 0. The van der Waals surface area contributed by atoms with E-state index in [1.165, 1.54) is 12.2 Å². The third-order valence-corrected chi connectivity index (χ3v) is 5.97. The van der Waals surface area contributed by atoms with Crippen LogP contribution in [0, 0.1) is 5.92 Å². The molecule has 3 atom stereocenters. The molecule has 0 heterocycles. The second-order valence-corrected chi connectivity index (χ2v) is 8.15. The first-order valence-electron chi connectivity index (χ1n) is 10.8. The molecule has 0 saturated heterocycles. The number of carboxylic acid groups (broad SMARTS) is 1. The van der Waals surface area contributed by atoms with Crippen LogP contribution in [0.5, 0.6) is 0 Å². The number of carbonyl (C=O) groups excluding carboxylic acids is 2. The van der Waals surface area contributed by atoms with Crippen LogP contribution in [0.15, 0.2) is 48.5 Å². The van der Waals surface area contributed by atoms with E-state index in [1.807, 2.05) is 53.8 Å². The Hall–Kier alpha value is -3.56. The summed E-state index contributed by atoms with van der Waals surface area (Å²) in [5.74, 6) is -4.14. The third-order valence-electron chi connectivity index (χ3n) is 5.97. The number of hydrogen-bond acceptors (Lipinski definition) is 4. The van der Waals surface area contributed by atoms with Crippen molar-refractivity contribution in [1.82, 2.24) is 10.6 Å². The van der Waals surface area contributed by atoms with Crippen LogP contribution in [0.25, 0.3) is 11.1 Å². The fraction of sp³-hybridized carbons (Fsp3) is 0.375. The topological polar surface area (TPSA) is 105 Å². The van der Waals surface area contributed by atoms with E-state index in [2.05, 4.69) is 0 Å². The molecule has 7 nitrogen and oxygen atoms in total. The molecule has 2 amide bonds. The number of hydrogen-bond donors (Lipinski definition) is 3.